The fourth-order valence-corrected chi connectivity index (χ4v) is 2.49. The van der Waals surface area contributed by atoms with E-state index in [-0.39, 0.29) is 0 Å². The molecular weight excluding hydrogens is 272 g/mol. The fourth-order valence-electron chi connectivity index (χ4n) is 2.25. The van der Waals surface area contributed by atoms with Gasteiger partial charge < -0.3 is 5.21 Å². The smallest absolute Gasteiger partial charge is 0.139 e. The van der Waals surface area contributed by atoms with Crippen molar-refractivity contribution < 1.29 is 5.21 Å². The highest BCUT2D eigenvalue weighted by molar-refractivity contribution is 6.33. The summed E-state index contributed by atoms with van der Waals surface area (Å²) in [6.07, 6.45) is 1.31. The number of hydrogen-bond donors (Lipinski definition) is 1. The number of oxime groups is 1. The van der Waals surface area contributed by atoms with E-state index in [0.29, 0.717) is 10.7 Å². The van der Waals surface area contributed by atoms with E-state index < -0.39 is 0 Å². The Bertz CT molecular complexity index is 785. The second-order valence-electron chi connectivity index (χ2n) is 4.32. The van der Waals surface area contributed by atoms with Crippen LogP contribution in [0.15, 0.2) is 59.8 Å². The minimum absolute atomic E-state index is 0.320. The van der Waals surface area contributed by atoms with E-state index in [2.05, 4.69) is 10.1 Å². The number of pyridine rings is 1. The first-order valence-electron chi connectivity index (χ1n) is 6.12. The van der Waals surface area contributed by atoms with E-state index in [9.17, 15) is 0 Å². The summed E-state index contributed by atoms with van der Waals surface area (Å²) in [6.45, 7) is 0. The molecule has 1 aromatic heterocycles. The van der Waals surface area contributed by atoms with E-state index in [1.807, 2.05) is 54.6 Å². The Kier molecular flexibility index (Phi) is 3.35. The number of aromatic nitrogens is 1. The highest BCUT2D eigenvalue weighted by Crippen LogP contribution is 2.31. The summed E-state index contributed by atoms with van der Waals surface area (Å²) in [5, 5.41) is 14.0. The Morgan fingerprint density at radius 2 is 1.60 bits per heavy atom. The summed E-state index contributed by atoms with van der Waals surface area (Å²) >= 11 is 6.22. The predicted molar refractivity (Wildman–Crippen MR) is 81.6 cm³/mol. The van der Waals surface area contributed by atoms with Gasteiger partial charge in [-0.1, -0.05) is 71.4 Å². The number of fused-ring (bicyclic) bond motifs is 1. The van der Waals surface area contributed by atoms with Crippen molar-refractivity contribution in [3.8, 4) is 11.3 Å². The van der Waals surface area contributed by atoms with Crippen LogP contribution in [0, 0.1) is 0 Å². The van der Waals surface area contributed by atoms with Gasteiger partial charge in [-0.3, -0.25) is 0 Å². The van der Waals surface area contributed by atoms with Crippen molar-refractivity contribution in [1.82, 2.24) is 4.98 Å². The molecule has 4 heteroatoms. The van der Waals surface area contributed by atoms with Crippen molar-refractivity contribution >= 4 is 28.6 Å². The van der Waals surface area contributed by atoms with Crippen LogP contribution >= 0.6 is 11.6 Å². The maximum Gasteiger partial charge on any atom is 0.139 e. The molecular formula is C16H11ClN2O. The third-order valence-electron chi connectivity index (χ3n) is 3.14. The lowest BCUT2D eigenvalue weighted by Crippen LogP contribution is -1.94. The zero-order chi connectivity index (χ0) is 13.9. The summed E-state index contributed by atoms with van der Waals surface area (Å²) in [6, 6.07) is 17.6. The standard InChI is InChI=1S/C16H11ClN2O/c17-16-14(10-18-20)12-8-4-5-9-13(12)15(19-16)11-6-2-1-3-7-11/h1-10,20H. The number of nitrogens with zero attached hydrogens (tertiary/aromatic N) is 2. The number of benzene rings is 2. The van der Waals surface area contributed by atoms with Crippen LogP contribution in [0.1, 0.15) is 5.56 Å². The maximum absolute atomic E-state index is 8.77. The first kappa shape index (κ1) is 12.6. The molecule has 0 aliphatic carbocycles. The second kappa shape index (κ2) is 5.31. The van der Waals surface area contributed by atoms with Crippen molar-refractivity contribution in [3.63, 3.8) is 0 Å². The highest BCUT2D eigenvalue weighted by atomic mass is 35.5. The van der Waals surface area contributed by atoms with E-state index >= 15 is 0 Å². The average molecular weight is 283 g/mol. The van der Waals surface area contributed by atoms with Crippen molar-refractivity contribution in [2.75, 3.05) is 0 Å². The van der Waals surface area contributed by atoms with E-state index in [4.69, 9.17) is 16.8 Å². The Hall–Kier alpha value is -2.39. The van der Waals surface area contributed by atoms with Gasteiger partial charge in [-0.25, -0.2) is 4.98 Å². The van der Waals surface area contributed by atoms with Crippen LogP contribution in [0.3, 0.4) is 0 Å². The van der Waals surface area contributed by atoms with Gasteiger partial charge in [-0.15, -0.1) is 0 Å². The summed E-state index contributed by atoms with van der Waals surface area (Å²) in [4.78, 5) is 4.45. The topological polar surface area (TPSA) is 45.5 Å². The minimum Gasteiger partial charge on any atom is -0.411 e. The molecule has 98 valence electrons. The molecule has 0 fully saturated rings. The van der Waals surface area contributed by atoms with E-state index in [0.717, 1.165) is 22.0 Å². The first-order chi connectivity index (χ1) is 9.81. The Morgan fingerprint density at radius 3 is 2.30 bits per heavy atom. The number of rotatable bonds is 2. The second-order valence-corrected chi connectivity index (χ2v) is 4.68. The molecule has 0 aliphatic rings. The highest BCUT2D eigenvalue weighted by Gasteiger charge is 2.12. The molecule has 1 N–H and O–H groups in total. The van der Waals surface area contributed by atoms with Crippen molar-refractivity contribution in [2.45, 2.75) is 0 Å². The van der Waals surface area contributed by atoms with Crippen LogP contribution in [0.5, 0.6) is 0 Å². The molecule has 0 saturated heterocycles. The van der Waals surface area contributed by atoms with Gasteiger partial charge in [-0.05, 0) is 5.39 Å². The molecule has 0 bridgehead atoms. The van der Waals surface area contributed by atoms with Gasteiger partial charge in [0.2, 0.25) is 0 Å². The number of halogens is 1. The quantitative estimate of drug-likeness (QED) is 0.328. The van der Waals surface area contributed by atoms with Gasteiger partial charge in [0.25, 0.3) is 0 Å². The van der Waals surface area contributed by atoms with Gasteiger partial charge in [-0.2, -0.15) is 0 Å². The van der Waals surface area contributed by atoms with Crippen LogP contribution in [0.25, 0.3) is 22.0 Å². The Morgan fingerprint density at radius 1 is 0.950 bits per heavy atom. The van der Waals surface area contributed by atoms with E-state index in [1.54, 1.807) is 0 Å². The molecule has 3 rings (SSSR count). The Labute approximate surface area is 121 Å². The van der Waals surface area contributed by atoms with E-state index in [1.165, 1.54) is 6.21 Å². The van der Waals surface area contributed by atoms with Crippen molar-refractivity contribution in [3.05, 3.63) is 65.3 Å². The largest absolute Gasteiger partial charge is 0.411 e. The molecule has 0 saturated carbocycles. The molecule has 0 unspecified atom stereocenters. The molecule has 3 nitrogen and oxygen atoms in total. The van der Waals surface area contributed by atoms with Crippen molar-refractivity contribution in [1.29, 1.82) is 0 Å². The first-order valence-corrected chi connectivity index (χ1v) is 6.50. The van der Waals surface area contributed by atoms with Crippen LogP contribution in [-0.4, -0.2) is 16.4 Å². The lowest BCUT2D eigenvalue weighted by Gasteiger charge is -2.10. The normalized spacial score (nSPS) is 11.2. The third-order valence-corrected chi connectivity index (χ3v) is 3.43. The lowest BCUT2D eigenvalue weighted by molar-refractivity contribution is 0.322. The molecule has 0 aliphatic heterocycles. The zero-order valence-electron chi connectivity index (χ0n) is 10.5. The number of hydrogen-bond acceptors (Lipinski definition) is 3. The monoisotopic (exact) mass is 282 g/mol. The van der Waals surface area contributed by atoms with Gasteiger partial charge in [0.15, 0.2) is 0 Å². The van der Waals surface area contributed by atoms with Gasteiger partial charge >= 0.3 is 0 Å². The summed E-state index contributed by atoms with van der Waals surface area (Å²) in [5.74, 6) is 0. The average Bonchev–Trinajstić information content (AvgIpc) is 2.51. The third kappa shape index (κ3) is 2.12. The van der Waals surface area contributed by atoms with Gasteiger partial charge in [0.05, 0.1) is 11.9 Å². The van der Waals surface area contributed by atoms with Crippen LogP contribution < -0.4 is 0 Å². The summed E-state index contributed by atoms with van der Waals surface area (Å²) < 4.78 is 0. The molecule has 3 aromatic rings. The van der Waals surface area contributed by atoms with Crippen LogP contribution in [0.4, 0.5) is 0 Å². The maximum atomic E-state index is 8.77. The van der Waals surface area contributed by atoms with Crippen LogP contribution in [0.2, 0.25) is 5.15 Å². The minimum atomic E-state index is 0.320. The SMILES string of the molecule is ON=Cc1c(Cl)nc(-c2ccccc2)c2ccccc12. The molecule has 1 heterocycles. The summed E-state index contributed by atoms with van der Waals surface area (Å²) in [7, 11) is 0. The van der Waals surface area contributed by atoms with Gasteiger partial charge in [0.1, 0.15) is 5.15 Å². The molecule has 0 radical (unpaired) electrons. The predicted octanol–water partition coefficient (Wildman–Crippen LogP) is 4.36. The molecule has 0 spiro atoms. The van der Waals surface area contributed by atoms with Crippen molar-refractivity contribution in [2.24, 2.45) is 5.16 Å². The Balaban J connectivity index is 2.38. The lowest BCUT2D eigenvalue weighted by atomic mass is 10.0. The summed E-state index contributed by atoms with van der Waals surface area (Å²) in [5.41, 5.74) is 2.43. The van der Waals surface area contributed by atoms with Crippen LogP contribution in [-0.2, 0) is 0 Å². The molecule has 0 amide bonds. The fraction of sp³-hybridized carbons (Fsp3) is 0. The van der Waals surface area contributed by atoms with Gasteiger partial charge in [0, 0.05) is 16.5 Å². The zero-order valence-corrected chi connectivity index (χ0v) is 11.2. The molecule has 2 aromatic carbocycles. The molecule has 0 atom stereocenters. The molecule has 20 heavy (non-hydrogen) atoms.